The Morgan fingerprint density at radius 1 is 1.12 bits per heavy atom. The fourth-order valence-electron chi connectivity index (χ4n) is 5.35. The van der Waals surface area contributed by atoms with Crippen molar-refractivity contribution in [1.82, 2.24) is 14.5 Å². The molecule has 0 spiro atoms. The van der Waals surface area contributed by atoms with Crippen LogP contribution in [0, 0.1) is 5.41 Å². The first-order valence-corrected chi connectivity index (χ1v) is 15.1. The predicted octanol–water partition coefficient (Wildman–Crippen LogP) is 4.15. The van der Waals surface area contributed by atoms with Crippen molar-refractivity contribution in [2.75, 3.05) is 13.3 Å². The Morgan fingerprint density at radius 3 is 2.46 bits per heavy atom. The second kappa shape index (κ2) is 12.1. The van der Waals surface area contributed by atoms with Crippen molar-refractivity contribution in [3.63, 3.8) is 0 Å². The molecule has 0 aromatic heterocycles. The summed E-state index contributed by atoms with van der Waals surface area (Å²) in [5, 5.41) is 13.1. The second-order valence-electron chi connectivity index (χ2n) is 11.2. The summed E-state index contributed by atoms with van der Waals surface area (Å²) in [5.41, 5.74) is 0.178. The van der Waals surface area contributed by atoms with Crippen LogP contribution in [-0.2, 0) is 19.6 Å². The number of Topliss-reactive ketones (excluding diaryl/α,β-unsaturated/α-hetero) is 1. The fraction of sp³-hybridized carbons (Fsp3) is 0.483. The largest absolute Gasteiger partial charge is 0.465 e. The van der Waals surface area contributed by atoms with Gasteiger partial charge in [-0.05, 0) is 42.9 Å². The van der Waals surface area contributed by atoms with Gasteiger partial charge >= 0.3 is 6.09 Å². The highest BCUT2D eigenvalue weighted by Gasteiger charge is 2.51. The summed E-state index contributed by atoms with van der Waals surface area (Å²) in [6, 6.07) is 11.4. The Morgan fingerprint density at radius 2 is 1.80 bits per heavy atom. The smallest absolute Gasteiger partial charge is 0.409 e. The molecule has 2 aliphatic rings. The number of fused-ring (bicyclic) bond motifs is 1. The molecule has 222 valence electrons. The lowest BCUT2D eigenvalue weighted by atomic mass is 9.91. The van der Waals surface area contributed by atoms with E-state index in [0.29, 0.717) is 18.6 Å². The zero-order valence-corrected chi connectivity index (χ0v) is 24.5. The van der Waals surface area contributed by atoms with E-state index >= 15 is 0 Å². The molecule has 2 N–H and O–H groups in total. The van der Waals surface area contributed by atoms with Crippen molar-refractivity contribution in [1.29, 1.82) is 0 Å². The molecule has 2 heterocycles. The molecule has 4 rings (SSSR count). The standard InChI is InChI=1S/C29H37N3O8S/c1-5-6-12-22(26(33)27(34)30-19(2)20-10-8-7-9-11-20)32(28(35)36)25-16-29(3,4)17-31(25)41(37,38)21-13-14-23-24(15-21)40-18-39-23/h7-11,13-15,19,22,25H,5-6,12,16-18H2,1-4H3,(H,30,34)(H,35,36)/t19?,22-,25?/m0/s1. The van der Waals surface area contributed by atoms with E-state index in [-0.39, 0.29) is 36.8 Å². The molecule has 0 bridgehead atoms. The van der Waals surface area contributed by atoms with Gasteiger partial charge in [-0.3, -0.25) is 14.5 Å². The second-order valence-corrected chi connectivity index (χ2v) is 13.1. The van der Waals surface area contributed by atoms with E-state index in [0.717, 1.165) is 14.8 Å². The summed E-state index contributed by atoms with van der Waals surface area (Å²) in [6.07, 6.45) is -1.36. The van der Waals surface area contributed by atoms with Gasteiger partial charge in [-0.2, -0.15) is 4.31 Å². The van der Waals surface area contributed by atoms with E-state index in [1.165, 1.54) is 18.2 Å². The lowest BCUT2D eigenvalue weighted by Crippen LogP contribution is -2.58. The van der Waals surface area contributed by atoms with Crippen molar-refractivity contribution in [2.45, 2.75) is 76.5 Å². The van der Waals surface area contributed by atoms with Crippen LogP contribution in [-0.4, -0.2) is 66.1 Å². The number of benzene rings is 2. The molecule has 2 aromatic rings. The van der Waals surface area contributed by atoms with Crippen molar-refractivity contribution in [2.24, 2.45) is 5.41 Å². The maximum atomic E-state index is 13.9. The number of ether oxygens (including phenoxy) is 2. The summed E-state index contributed by atoms with van der Waals surface area (Å²) in [5.74, 6) is -1.16. The lowest BCUT2D eigenvalue weighted by Gasteiger charge is -2.37. The van der Waals surface area contributed by atoms with Crippen LogP contribution in [0.4, 0.5) is 4.79 Å². The molecule has 0 aliphatic carbocycles. The minimum atomic E-state index is -4.23. The van der Waals surface area contributed by atoms with Crippen LogP contribution in [0.2, 0.25) is 0 Å². The van der Waals surface area contributed by atoms with Crippen molar-refractivity contribution in [3.05, 3.63) is 54.1 Å². The van der Waals surface area contributed by atoms with Crippen LogP contribution in [0.1, 0.15) is 65.0 Å². The Kier molecular flexibility index (Phi) is 8.93. The quantitative estimate of drug-likeness (QED) is 0.374. The maximum absolute atomic E-state index is 13.9. The van der Waals surface area contributed by atoms with E-state index in [1.807, 2.05) is 51.1 Å². The van der Waals surface area contributed by atoms with E-state index in [4.69, 9.17) is 9.47 Å². The molecule has 2 aromatic carbocycles. The molecule has 3 atom stereocenters. The van der Waals surface area contributed by atoms with Gasteiger partial charge in [0.25, 0.3) is 5.91 Å². The number of ketones is 1. The van der Waals surface area contributed by atoms with Crippen LogP contribution < -0.4 is 14.8 Å². The number of carboxylic acid groups (broad SMARTS) is 1. The topological polar surface area (TPSA) is 143 Å². The summed E-state index contributed by atoms with van der Waals surface area (Å²) in [7, 11) is -4.23. The fourth-order valence-corrected chi connectivity index (χ4v) is 7.13. The predicted molar refractivity (Wildman–Crippen MR) is 150 cm³/mol. The number of nitrogens with zero attached hydrogens (tertiary/aromatic N) is 2. The molecular formula is C29H37N3O8S. The summed E-state index contributed by atoms with van der Waals surface area (Å²) in [6.45, 7) is 7.29. The zero-order chi connectivity index (χ0) is 29.9. The minimum absolute atomic E-state index is 0.0180. The van der Waals surface area contributed by atoms with Crippen LogP contribution in [0.25, 0.3) is 0 Å². The van der Waals surface area contributed by atoms with Crippen molar-refractivity contribution < 1.29 is 37.4 Å². The van der Waals surface area contributed by atoms with Gasteiger partial charge in [-0.15, -0.1) is 0 Å². The number of hydrogen-bond acceptors (Lipinski definition) is 7. The first kappa shape index (κ1) is 30.3. The molecule has 0 radical (unpaired) electrons. The van der Waals surface area contributed by atoms with Gasteiger partial charge in [0.15, 0.2) is 11.5 Å². The van der Waals surface area contributed by atoms with E-state index in [1.54, 1.807) is 6.92 Å². The molecule has 1 fully saturated rings. The first-order valence-electron chi connectivity index (χ1n) is 13.7. The SMILES string of the molecule is CCCC[C@@H](C(=O)C(=O)NC(C)c1ccccc1)N(C(=O)O)C1CC(C)(C)CN1S(=O)(=O)c1ccc2c(c1)OCO2. The summed E-state index contributed by atoms with van der Waals surface area (Å²) >= 11 is 0. The molecule has 2 amide bonds. The van der Waals surface area contributed by atoms with Gasteiger partial charge < -0.3 is 19.9 Å². The lowest BCUT2D eigenvalue weighted by molar-refractivity contribution is -0.142. The number of rotatable bonds is 11. The Bertz CT molecular complexity index is 1400. The molecular weight excluding hydrogens is 550 g/mol. The van der Waals surface area contributed by atoms with Crippen molar-refractivity contribution >= 4 is 27.8 Å². The number of amides is 2. The minimum Gasteiger partial charge on any atom is -0.465 e. The molecule has 0 saturated carbocycles. The van der Waals surface area contributed by atoms with E-state index in [9.17, 15) is 27.9 Å². The Labute approximate surface area is 240 Å². The third-order valence-corrected chi connectivity index (χ3v) is 9.32. The molecule has 2 aliphatic heterocycles. The van der Waals surface area contributed by atoms with Gasteiger partial charge in [0.05, 0.1) is 10.9 Å². The average molecular weight is 588 g/mol. The van der Waals surface area contributed by atoms with E-state index in [2.05, 4.69) is 5.32 Å². The molecule has 2 unspecified atom stereocenters. The van der Waals surface area contributed by atoms with Gasteiger partial charge in [0.1, 0.15) is 12.2 Å². The van der Waals surface area contributed by atoms with Crippen LogP contribution >= 0.6 is 0 Å². The van der Waals surface area contributed by atoms with Crippen LogP contribution in [0.5, 0.6) is 11.5 Å². The van der Waals surface area contributed by atoms with Crippen molar-refractivity contribution in [3.8, 4) is 11.5 Å². The van der Waals surface area contributed by atoms with Gasteiger partial charge in [0.2, 0.25) is 22.6 Å². The maximum Gasteiger partial charge on any atom is 0.409 e. The number of nitrogens with one attached hydrogen (secondary N) is 1. The number of unbranched alkanes of at least 4 members (excludes halogenated alkanes) is 1. The first-order chi connectivity index (χ1) is 19.4. The molecule has 11 nitrogen and oxygen atoms in total. The van der Waals surface area contributed by atoms with E-state index < -0.39 is 51.5 Å². The monoisotopic (exact) mass is 587 g/mol. The zero-order valence-electron chi connectivity index (χ0n) is 23.7. The Hall–Kier alpha value is -3.64. The number of hydrogen-bond donors (Lipinski definition) is 2. The highest BCUT2D eigenvalue weighted by Crippen LogP contribution is 2.42. The highest BCUT2D eigenvalue weighted by molar-refractivity contribution is 7.89. The number of sulfonamides is 1. The summed E-state index contributed by atoms with van der Waals surface area (Å²) < 4.78 is 39.7. The van der Waals surface area contributed by atoms with Gasteiger partial charge in [0, 0.05) is 12.6 Å². The molecule has 41 heavy (non-hydrogen) atoms. The third kappa shape index (κ3) is 6.48. The van der Waals surface area contributed by atoms with Crippen LogP contribution in [0.3, 0.4) is 0 Å². The summed E-state index contributed by atoms with van der Waals surface area (Å²) in [4.78, 5) is 40.4. The highest BCUT2D eigenvalue weighted by atomic mass is 32.2. The number of carbonyl (C=O) groups is 3. The molecule has 1 saturated heterocycles. The van der Waals surface area contributed by atoms with Gasteiger partial charge in [-0.1, -0.05) is 63.9 Å². The Balaban J connectivity index is 1.67. The van der Waals surface area contributed by atoms with Crippen LogP contribution in [0.15, 0.2) is 53.4 Å². The third-order valence-electron chi connectivity index (χ3n) is 7.48. The average Bonchev–Trinajstić information content (AvgIpc) is 3.54. The molecule has 12 heteroatoms. The number of carbonyl (C=O) groups excluding carboxylic acids is 2. The normalized spacial score (nSPS) is 19.4. The van der Waals surface area contributed by atoms with Gasteiger partial charge in [-0.25, -0.2) is 13.2 Å².